The van der Waals surface area contributed by atoms with Crippen LogP contribution in [0.4, 0.5) is 0 Å². The molecule has 7 nitrogen and oxygen atoms in total. The Bertz CT molecular complexity index is 1370. The highest BCUT2D eigenvalue weighted by Crippen LogP contribution is 2.23. The third-order valence-electron chi connectivity index (χ3n) is 6.75. The van der Waals surface area contributed by atoms with Gasteiger partial charge in [-0.25, -0.2) is 4.98 Å². The summed E-state index contributed by atoms with van der Waals surface area (Å²) < 4.78 is 16.5. The van der Waals surface area contributed by atoms with Crippen LogP contribution in [0.15, 0.2) is 94.5 Å². The Balaban J connectivity index is 1.24. The van der Waals surface area contributed by atoms with Crippen molar-refractivity contribution in [2.24, 2.45) is 5.16 Å². The topological polar surface area (TPSA) is 83.2 Å². The van der Waals surface area contributed by atoms with Gasteiger partial charge in [-0.05, 0) is 61.6 Å². The molecule has 0 radical (unpaired) electrons. The van der Waals surface area contributed by atoms with Gasteiger partial charge in [-0.2, -0.15) is 0 Å². The van der Waals surface area contributed by atoms with Crippen molar-refractivity contribution in [1.29, 1.82) is 0 Å². The van der Waals surface area contributed by atoms with Gasteiger partial charge in [0.05, 0.1) is 12.8 Å². The Morgan fingerprint density at radius 1 is 0.805 bits per heavy atom. The summed E-state index contributed by atoms with van der Waals surface area (Å²) in [5.74, 6) is 1.96. The van der Waals surface area contributed by atoms with E-state index >= 15 is 0 Å². The number of carbonyl (C=O) groups excluding carboxylic acids is 1. The van der Waals surface area contributed by atoms with Crippen LogP contribution in [0.25, 0.3) is 11.5 Å². The third kappa shape index (κ3) is 9.64. The summed E-state index contributed by atoms with van der Waals surface area (Å²) in [5.41, 5.74) is 4.73. The van der Waals surface area contributed by atoms with Gasteiger partial charge >= 0.3 is 5.97 Å². The number of rotatable bonds is 16. The fraction of sp³-hybridized carbons (Fsp3) is 0.324. The smallest absolute Gasteiger partial charge is 0.305 e. The summed E-state index contributed by atoms with van der Waals surface area (Å²) in [6, 6.07) is 27.8. The number of esters is 1. The molecule has 0 saturated carbocycles. The monoisotopic (exact) mass is 554 g/mol. The average molecular weight is 555 g/mol. The molecular weight excluding hydrogens is 516 g/mol. The minimum Gasteiger partial charge on any atom is -0.487 e. The number of hydrogen-bond acceptors (Lipinski definition) is 7. The number of aryl methyl sites for hydroxylation is 1. The van der Waals surface area contributed by atoms with E-state index < -0.39 is 0 Å². The molecule has 0 amide bonds. The van der Waals surface area contributed by atoms with Gasteiger partial charge in [0.2, 0.25) is 5.89 Å². The molecule has 0 unspecified atom stereocenters. The van der Waals surface area contributed by atoms with Crippen LogP contribution in [-0.4, -0.2) is 23.8 Å². The van der Waals surface area contributed by atoms with Crippen molar-refractivity contribution in [3.63, 3.8) is 0 Å². The number of benzene rings is 3. The van der Waals surface area contributed by atoms with Crippen LogP contribution in [0.1, 0.15) is 67.5 Å². The number of hydrogen-bond donors (Lipinski definition) is 0. The largest absolute Gasteiger partial charge is 0.487 e. The number of methoxy groups -OCH3 is 1. The molecule has 41 heavy (non-hydrogen) atoms. The Morgan fingerprint density at radius 3 is 2.17 bits per heavy atom. The van der Waals surface area contributed by atoms with Gasteiger partial charge in [-0.3, -0.25) is 4.79 Å². The number of aromatic nitrogens is 1. The van der Waals surface area contributed by atoms with Gasteiger partial charge in [0, 0.05) is 12.0 Å². The molecule has 214 valence electrons. The molecule has 0 spiro atoms. The quantitative estimate of drug-likeness (QED) is 0.0603. The number of carbonyl (C=O) groups is 1. The van der Waals surface area contributed by atoms with Crippen molar-refractivity contribution >= 4 is 11.7 Å². The molecule has 0 fully saturated rings. The average Bonchev–Trinajstić information content (AvgIpc) is 3.40. The third-order valence-corrected chi connectivity index (χ3v) is 6.75. The van der Waals surface area contributed by atoms with E-state index in [0.717, 1.165) is 78.1 Å². The number of ether oxygens (including phenoxy) is 2. The molecule has 0 N–H and O–H groups in total. The van der Waals surface area contributed by atoms with E-state index in [2.05, 4.69) is 22.3 Å². The van der Waals surface area contributed by atoms with Crippen LogP contribution in [0, 0.1) is 6.92 Å². The Hall–Kier alpha value is -4.39. The van der Waals surface area contributed by atoms with E-state index in [1.54, 1.807) is 0 Å². The minimum atomic E-state index is -0.137. The molecule has 4 rings (SSSR count). The lowest BCUT2D eigenvalue weighted by Crippen LogP contribution is -2.03. The lowest BCUT2D eigenvalue weighted by atomic mass is 10.0. The summed E-state index contributed by atoms with van der Waals surface area (Å²) in [6.07, 6.45) is 6.39. The molecule has 0 aliphatic heterocycles. The van der Waals surface area contributed by atoms with Gasteiger partial charge in [0.15, 0.2) is 0 Å². The zero-order chi connectivity index (χ0) is 28.7. The summed E-state index contributed by atoms with van der Waals surface area (Å²) in [4.78, 5) is 21.6. The van der Waals surface area contributed by atoms with Gasteiger partial charge in [0.1, 0.15) is 30.4 Å². The predicted molar refractivity (Wildman–Crippen MR) is 160 cm³/mol. The van der Waals surface area contributed by atoms with Gasteiger partial charge < -0.3 is 18.7 Å². The van der Waals surface area contributed by atoms with E-state index in [1.165, 1.54) is 7.11 Å². The molecule has 0 saturated heterocycles. The van der Waals surface area contributed by atoms with E-state index in [-0.39, 0.29) is 5.97 Å². The standard InChI is InChI=1S/C34H38N2O5/c1-26-32(35-34(41-26)29-16-10-7-11-17-29)25-39-30-22-20-27(21-23-30)24-40-36-31(28-14-8-6-9-15-28)18-12-4-3-5-13-19-33(37)38-2/h6-11,14-17,20-23H,3-5,12-13,18-19,24-25H2,1-2H3/b36-31+. The Labute approximate surface area is 242 Å². The maximum atomic E-state index is 11.2. The second kappa shape index (κ2) is 16.0. The van der Waals surface area contributed by atoms with Crippen LogP contribution in [0.5, 0.6) is 5.75 Å². The first-order valence-electron chi connectivity index (χ1n) is 14.2. The van der Waals surface area contributed by atoms with E-state index in [9.17, 15) is 4.79 Å². The normalized spacial score (nSPS) is 11.3. The summed E-state index contributed by atoms with van der Waals surface area (Å²) in [5, 5.41) is 4.50. The van der Waals surface area contributed by atoms with Crippen LogP contribution in [0.3, 0.4) is 0 Å². The van der Waals surface area contributed by atoms with Crippen molar-refractivity contribution in [3.8, 4) is 17.2 Å². The van der Waals surface area contributed by atoms with Gasteiger partial charge in [-0.1, -0.05) is 85.1 Å². The SMILES string of the molecule is COC(=O)CCCCCCC/C(=N\OCc1ccc(OCc2nc(-c3ccccc3)oc2C)cc1)c1ccccc1. The molecule has 1 heterocycles. The highest BCUT2D eigenvalue weighted by Gasteiger charge is 2.12. The molecule has 0 aliphatic carbocycles. The number of unbranched alkanes of at least 4 members (excludes halogenated alkanes) is 4. The zero-order valence-corrected chi connectivity index (χ0v) is 23.9. The lowest BCUT2D eigenvalue weighted by molar-refractivity contribution is -0.140. The van der Waals surface area contributed by atoms with Crippen LogP contribution >= 0.6 is 0 Å². The van der Waals surface area contributed by atoms with Crippen LogP contribution in [0.2, 0.25) is 0 Å². The van der Waals surface area contributed by atoms with Crippen LogP contribution < -0.4 is 4.74 Å². The lowest BCUT2D eigenvalue weighted by Gasteiger charge is -2.09. The van der Waals surface area contributed by atoms with Gasteiger partial charge in [-0.15, -0.1) is 0 Å². The minimum absolute atomic E-state index is 0.137. The van der Waals surface area contributed by atoms with Crippen molar-refractivity contribution in [2.45, 2.75) is 65.1 Å². The number of nitrogens with zero attached hydrogens (tertiary/aromatic N) is 2. The number of oxime groups is 1. The van der Waals surface area contributed by atoms with Crippen LogP contribution in [-0.2, 0) is 27.6 Å². The molecule has 0 bridgehead atoms. The fourth-order valence-corrected chi connectivity index (χ4v) is 4.35. The maximum Gasteiger partial charge on any atom is 0.305 e. The first kappa shape index (κ1) is 29.6. The second-order valence-corrected chi connectivity index (χ2v) is 9.84. The summed E-state index contributed by atoms with van der Waals surface area (Å²) in [6.45, 7) is 2.59. The van der Waals surface area contributed by atoms with Crippen molar-refractivity contribution < 1.29 is 23.5 Å². The number of oxazole rings is 1. The molecule has 0 atom stereocenters. The molecular formula is C34H38N2O5. The first-order valence-corrected chi connectivity index (χ1v) is 14.2. The Kier molecular flexibility index (Phi) is 11.6. The summed E-state index contributed by atoms with van der Waals surface area (Å²) >= 11 is 0. The molecule has 4 aromatic rings. The van der Waals surface area contributed by atoms with Crippen molar-refractivity contribution in [1.82, 2.24) is 4.98 Å². The molecule has 7 heteroatoms. The second-order valence-electron chi connectivity index (χ2n) is 9.84. The molecule has 1 aromatic heterocycles. The van der Waals surface area contributed by atoms with E-state index in [0.29, 0.717) is 25.5 Å². The van der Waals surface area contributed by atoms with E-state index in [4.69, 9.17) is 18.7 Å². The van der Waals surface area contributed by atoms with Gasteiger partial charge in [0.25, 0.3) is 0 Å². The van der Waals surface area contributed by atoms with Crippen molar-refractivity contribution in [3.05, 3.63) is 108 Å². The first-order chi connectivity index (χ1) is 20.1. The maximum absolute atomic E-state index is 11.2. The highest BCUT2D eigenvalue weighted by atomic mass is 16.6. The Morgan fingerprint density at radius 2 is 1.46 bits per heavy atom. The predicted octanol–water partition coefficient (Wildman–Crippen LogP) is 8.05. The summed E-state index contributed by atoms with van der Waals surface area (Å²) in [7, 11) is 1.43. The van der Waals surface area contributed by atoms with Crippen molar-refractivity contribution in [2.75, 3.05) is 7.11 Å². The molecule has 0 aliphatic rings. The molecule has 3 aromatic carbocycles. The van der Waals surface area contributed by atoms with E-state index in [1.807, 2.05) is 79.7 Å². The zero-order valence-electron chi connectivity index (χ0n) is 23.9. The fourth-order valence-electron chi connectivity index (χ4n) is 4.35. The highest BCUT2D eigenvalue weighted by molar-refractivity contribution is 6.00.